The number of nitrogens with one attached hydrogen (secondary N) is 1. The number of methoxy groups -OCH3 is 1. The van der Waals surface area contributed by atoms with E-state index in [2.05, 4.69) is 10.1 Å². The Labute approximate surface area is 164 Å². The molecule has 2 atom stereocenters. The zero-order chi connectivity index (χ0) is 20.1. The van der Waals surface area contributed by atoms with Gasteiger partial charge in [-0.3, -0.25) is 9.59 Å². The van der Waals surface area contributed by atoms with Gasteiger partial charge in [-0.25, -0.2) is 4.79 Å². The van der Waals surface area contributed by atoms with E-state index in [0.29, 0.717) is 30.8 Å². The number of amides is 2. The second-order valence-corrected chi connectivity index (χ2v) is 6.84. The minimum atomic E-state index is -0.427. The predicted octanol–water partition coefficient (Wildman–Crippen LogP) is 3.10. The minimum Gasteiger partial charge on any atom is -0.465 e. The monoisotopic (exact) mass is 380 g/mol. The van der Waals surface area contributed by atoms with Gasteiger partial charge in [-0.15, -0.1) is 0 Å². The number of carbonyl (C=O) groups excluding carboxylic acids is 3. The SMILES string of the molecule is CCN(Cc1ccccc1)C(=O)C1CC1C(=O)Nc1ccc(C(=O)OC)cc1. The Hall–Kier alpha value is -3.15. The Morgan fingerprint density at radius 2 is 1.71 bits per heavy atom. The molecule has 1 aliphatic carbocycles. The van der Waals surface area contributed by atoms with E-state index in [1.54, 1.807) is 29.2 Å². The third kappa shape index (κ3) is 4.57. The molecule has 6 nitrogen and oxygen atoms in total. The van der Waals surface area contributed by atoms with E-state index in [1.165, 1.54) is 7.11 Å². The second-order valence-electron chi connectivity index (χ2n) is 6.84. The summed E-state index contributed by atoms with van der Waals surface area (Å²) < 4.78 is 4.65. The number of nitrogens with zero attached hydrogens (tertiary/aromatic N) is 1. The summed E-state index contributed by atoms with van der Waals surface area (Å²) in [5, 5.41) is 2.82. The lowest BCUT2D eigenvalue weighted by atomic mass is 10.2. The molecular weight excluding hydrogens is 356 g/mol. The molecular formula is C22H24N2O4. The number of carbonyl (C=O) groups is 3. The summed E-state index contributed by atoms with van der Waals surface area (Å²) >= 11 is 0. The number of ether oxygens (including phenoxy) is 1. The molecule has 3 rings (SSSR count). The van der Waals surface area contributed by atoms with Crippen LogP contribution in [0.5, 0.6) is 0 Å². The van der Waals surface area contributed by atoms with Gasteiger partial charge in [0.05, 0.1) is 24.5 Å². The zero-order valence-corrected chi connectivity index (χ0v) is 16.1. The van der Waals surface area contributed by atoms with E-state index < -0.39 is 5.97 Å². The fraction of sp³-hybridized carbons (Fsp3) is 0.318. The van der Waals surface area contributed by atoms with Crippen molar-refractivity contribution in [3.05, 3.63) is 65.7 Å². The maximum absolute atomic E-state index is 12.8. The molecule has 1 saturated carbocycles. The van der Waals surface area contributed by atoms with Crippen LogP contribution in [0.3, 0.4) is 0 Å². The van der Waals surface area contributed by atoms with Crippen LogP contribution in [0, 0.1) is 11.8 Å². The normalized spacial score (nSPS) is 17.5. The van der Waals surface area contributed by atoms with Gasteiger partial charge in [-0.2, -0.15) is 0 Å². The van der Waals surface area contributed by atoms with Gasteiger partial charge in [0.1, 0.15) is 0 Å². The van der Waals surface area contributed by atoms with Gasteiger partial charge in [0.2, 0.25) is 11.8 Å². The molecule has 0 radical (unpaired) electrons. The van der Waals surface area contributed by atoms with Crippen molar-refractivity contribution in [2.24, 2.45) is 11.8 Å². The molecule has 28 heavy (non-hydrogen) atoms. The first-order chi connectivity index (χ1) is 13.5. The Kier molecular flexibility index (Phi) is 6.09. The van der Waals surface area contributed by atoms with E-state index in [-0.39, 0.29) is 23.7 Å². The van der Waals surface area contributed by atoms with E-state index in [4.69, 9.17) is 0 Å². The molecule has 1 fully saturated rings. The predicted molar refractivity (Wildman–Crippen MR) is 106 cm³/mol. The molecule has 0 spiro atoms. The smallest absolute Gasteiger partial charge is 0.337 e. The molecule has 2 aromatic rings. The third-order valence-corrected chi connectivity index (χ3v) is 4.93. The van der Waals surface area contributed by atoms with Crippen LogP contribution >= 0.6 is 0 Å². The lowest BCUT2D eigenvalue weighted by Crippen LogP contribution is -2.33. The van der Waals surface area contributed by atoms with Gasteiger partial charge >= 0.3 is 5.97 Å². The highest BCUT2D eigenvalue weighted by molar-refractivity contribution is 6.00. The Morgan fingerprint density at radius 1 is 1.04 bits per heavy atom. The van der Waals surface area contributed by atoms with E-state index in [1.807, 2.05) is 37.3 Å². The first-order valence-corrected chi connectivity index (χ1v) is 9.35. The Bertz CT molecular complexity index is 849. The van der Waals surface area contributed by atoms with Gasteiger partial charge in [0.15, 0.2) is 0 Å². The van der Waals surface area contributed by atoms with Crippen LogP contribution < -0.4 is 5.32 Å². The van der Waals surface area contributed by atoms with Crippen LogP contribution in [0.2, 0.25) is 0 Å². The summed E-state index contributed by atoms with van der Waals surface area (Å²) in [6.07, 6.45) is 0.566. The van der Waals surface area contributed by atoms with Crippen LogP contribution in [0.25, 0.3) is 0 Å². The van der Waals surface area contributed by atoms with Crippen molar-refractivity contribution in [3.8, 4) is 0 Å². The van der Waals surface area contributed by atoms with Gasteiger partial charge in [0, 0.05) is 18.8 Å². The third-order valence-electron chi connectivity index (χ3n) is 4.93. The van der Waals surface area contributed by atoms with Crippen molar-refractivity contribution < 1.29 is 19.1 Å². The van der Waals surface area contributed by atoms with Crippen molar-refractivity contribution in [2.75, 3.05) is 19.0 Å². The second kappa shape index (κ2) is 8.69. The average molecular weight is 380 g/mol. The lowest BCUT2D eigenvalue weighted by molar-refractivity contribution is -0.134. The van der Waals surface area contributed by atoms with Crippen LogP contribution in [-0.2, 0) is 20.9 Å². The Morgan fingerprint density at radius 3 is 2.32 bits per heavy atom. The summed E-state index contributed by atoms with van der Waals surface area (Å²) in [6.45, 7) is 3.10. The summed E-state index contributed by atoms with van der Waals surface area (Å²) in [5.41, 5.74) is 2.08. The maximum atomic E-state index is 12.8. The van der Waals surface area contributed by atoms with Gasteiger partial charge in [0.25, 0.3) is 0 Å². The molecule has 0 aliphatic heterocycles. The molecule has 0 saturated heterocycles. The number of benzene rings is 2. The van der Waals surface area contributed by atoms with E-state index in [9.17, 15) is 14.4 Å². The summed E-state index contributed by atoms with van der Waals surface area (Å²) in [4.78, 5) is 38.5. The standard InChI is InChI=1S/C22H24N2O4/c1-3-24(14-15-7-5-4-6-8-15)21(26)19-13-18(19)20(25)23-17-11-9-16(10-12-17)22(27)28-2/h4-12,18-19H,3,13-14H2,1-2H3,(H,23,25). The van der Waals surface area contributed by atoms with Crippen molar-refractivity contribution in [2.45, 2.75) is 19.9 Å². The lowest BCUT2D eigenvalue weighted by Gasteiger charge is -2.21. The largest absolute Gasteiger partial charge is 0.465 e. The van der Waals surface area contributed by atoms with Crippen LogP contribution in [0.4, 0.5) is 5.69 Å². The summed E-state index contributed by atoms with van der Waals surface area (Å²) in [5.74, 6) is -1.15. The van der Waals surface area contributed by atoms with Crippen LogP contribution in [0.15, 0.2) is 54.6 Å². The van der Waals surface area contributed by atoms with Gasteiger partial charge in [-0.1, -0.05) is 30.3 Å². The average Bonchev–Trinajstić information content (AvgIpc) is 3.53. The van der Waals surface area contributed by atoms with Crippen molar-refractivity contribution in [1.29, 1.82) is 0 Å². The highest BCUT2D eigenvalue weighted by atomic mass is 16.5. The van der Waals surface area contributed by atoms with Gasteiger partial charge < -0.3 is 15.0 Å². The summed E-state index contributed by atoms with van der Waals surface area (Å²) in [6, 6.07) is 16.3. The Balaban J connectivity index is 1.55. The number of hydrogen-bond donors (Lipinski definition) is 1. The van der Waals surface area contributed by atoms with Gasteiger partial charge in [-0.05, 0) is 43.2 Å². The first kappa shape index (κ1) is 19.6. The molecule has 1 aliphatic rings. The molecule has 0 bridgehead atoms. The molecule has 2 aromatic carbocycles. The zero-order valence-electron chi connectivity index (χ0n) is 16.1. The number of esters is 1. The molecule has 6 heteroatoms. The topological polar surface area (TPSA) is 75.7 Å². The quantitative estimate of drug-likeness (QED) is 0.749. The molecule has 2 unspecified atom stereocenters. The molecule has 1 N–H and O–H groups in total. The fourth-order valence-corrected chi connectivity index (χ4v) is 3.18. The molecule has 0 aromatic heterocycles. The van der Waals surface area contributed by atoms with Crippen molar-refractivity contribution in [1.82, 2.24) is 4.90 Å². The first-order valence-electron chi connectivity index (χ1n) is 9.35. The van der Waals surface area contributed by atoms with Crippen LogP contribution in [0.1, 0.15) is 29.3 Å². The molecule has 0 heterocycles. The van der Waals surface area contributed by atoms with E-state index in [0.717, 1.165) is 5.56 Å². The van der Waals surface area contributed by atoms with E-state index >= 15 is 0 Å². The van der Waals surface area contributed by atoms with Crippen molar-refractivity contribution >= 4 is 23.5 Å². The molecule has 2 amide bonds. The number of hydrogen-bond acceptors (Lipinski definition) is 4. The number of rotatable bonds is 7. The summed E-state index contributed by atoms with van der Waals surface area (Å²) in [7, 11) is 1.32. The van der Waals surface area contributed by atoms with Crippen molar-refractivity contribution in [3.63, 3.8) is 0 Å². The number of anilines is 1. The fourth-order valence-electron chi connectivity index (χ4n) is 3.18. The minimum absolute atomic E-state index is 0.0209. The molecule has 146 valence electrons. The highest BCUT2D eigenvalue weighted by Crippen LogP contribution is 2.41. The highest BCUT2D eigenvalue weighted by Gasteiger charge is 2.49. The maximum Gasteiger partial charge on any atom is 0.337 e. The van der Waals surface area contributed by atoms with Crippen LogP contribution in [-0.4, -0.2) is 36.3 Å².